The molecule has 1 N–H and O–H groups in total. The van der Waals surface area contributed by atoms with E-state index in [1.54, 1.807) is 6.07 Å². The van der Waals surface area contributed by atoms with Gasteiger partial charge in [0.2, 0.25) is 0 Å². The zero-order valence-electron chi connectivity index (χ0n) is 7.66. The molecule has 14 heavy (non-hydrogen) atoms. The lowest BCUT2D eigenvalue weighted by Crippen LogP contribution is -2.56. The van der Waals surface area contributed by atoms with Crippen molar-refractivity contribution in [3.05, 3.63) is 34.9 Å². The summed E-state index contributed by atoms with van der Waals surface area (Å²) in [6.07, 6.45) is -0.408. The van der Waals surface area contributed by atoms with Crippen molar-refractivity contribution in [1.82, 2.24) is 5.32 Å². The molecule has 1 aliphatic heterocycles. The molecule has 4 heteroatoms. The Kier molecular flexibility index (Phi) is 2.44. The summed E-state index contributed by atoms with van der Waals surface area (Å²) in [6, 6.07) is 7.32. The highest BCUT2D eigenvalue weighted by Crippen LogP contribution is 2.31. The standard InChI is InChI=1S/C10H10ClNO2/c1-14-9-8(12-10(9)13)6-4-2-3-5-7(6)11/h2-5,8-9H,1H3,(H,12,13). The highest BCUT2D eigenvalue weighted by molar-refractivity contribution is 6.31. The van der Waals surface area contributed by atoms with Crippen molar-refractivity contribution in [2.24, 2.45) is 0 Å². The zero-order chi connectivity index (χ0) is 10.1. The quantitative estimate of drug-likeness (QED) is 0.754. The topological polar surface area (TPSA) is 38.3 Å². The number of benzene rings is 1. The maximum atomic E-state index is 11.1. The predicted molar refractivity (Wildman–Crippen MR) is 53.1 cm³/mol. The Morgan fingerprint density at radius 1 is 1.43 bits per heavy atom. The molecule has 1 fully saturated rings. The summed E-state index contributed by atoms with van der Waals surface area (Å²) < 4.78 is 5.05. The van der Waals surface area contributed by atoms with Crippen LogP contribution in [0.5, 0.6) is 0 Å². The number of amides is 1. The number of β-lactam (4-membered cyclic amide) rings is 1. The van der Waals surface area contributed by atoms with Gasteiger partial charge < -0.3 is 10.1 Å². The molecule has 1 heterocycles. The number of rotatable bonds is 2. The lowest BCUT2D eigenvalue weighted by molar-refractivity contribution is -0.145. The first-order chi connectivity index (χ1) is 6.74. The van der Waals surface area contributed by atoms with E-state index in [2.05, 4.69) is 5.32 Å². The predicted octanol–water partition coefficient (Wildman–Crippen LogP) is 1.53. The van der Waals surface area contributed by atoms with Crippen LogP contribution in [-0.4, -0.2) is 19.1 Å². The van der Waals surface area contributed by atoms with Crippen LogP contribution in [0.2, 0.25) is 5.02 Å². The first-order valence-corrected chi connectivity index (χ1v) is 4.69. The van der Waals surface area contributed by atoms with Crippen molar-refractivity contribution in [3.8, 4) is 0 Å². The molecular weight excluding hydrogens is 202 g/mol. The normalized spacial score (nSPS) is 25.4. The van der Waals surface area contributed by atoms with E-state index >= 15 is 0 Å². The van der Waals surface area contributed by atoms with Gasteiger partial charge in [-0.05, 0) is 11.6 Å². The van der Waals surface area contributed by atoms with E-state index < -0.39 is 6.10 Å². The first kappa shape index (κ1) is 9.49. The molecule has 1 amide bonds. The molecule has 2 atom stereocenters. The van der Waals surface area contributed by atoms with Crippen LogP contribution >= 0.6 is 11.6 Å². The number of methoxy groups -OCH3 is 1. The first-order valence-electron chi connectivity index (χ1n) is 4.31. The Balaban J connectivity index is 2.25. The summed E-state index contributed by atoms with van der Waals surface area (Å²) in [7, 11) is 1.52. The molecule has 2 rings (SSSR count). The van der Waals surface area contributed by atoms with Gasteiger partial charge in [-0.25, -0.2) is 0 Å². The number of halogens is 1. The zero-order valence-corrected chi connectivity index (χ0v) is 8.41. The minimum absolute atomic E-state index is 0.0857. The van der Waals surface area contributed by atoms with Gasteiger partial charge in [0, 0.05) is 12.1 Å². The van der Waals surface area contributed by atoms with Crippen LogP contribution < -0.4 is 5.32 Å². The maximum Gasteiger partial charge on any atom is 0.252 e. The molecule has 74 valence electrons. The van der Waals surface area contributed by atoms with Crippen LogP contribution in [0.3, 0.4) is 0 Å². The van der Waals surface area contributed by atoms with Gasteiger partial charge in [-0.2, -0.15) is 0 Å². The maximum absolute atomic E-state index is 11.1. The summed E-state index contributed by atoms with van der Waals surface area (Å²) in [5.41, 5.74) is 0.903. The average molecular weight is 212 g/mol. The van der Waals surface area contributed by atoms with Crippen LogP contribution in [0, 0.1) is 0 Å². The minimum Gasteiger partial charge on any atom is -0.369 e. The molecule has 1 aromatic carbocycles. The SMILES string of the molecule is COC1C(=O)NC1c1ccccc1Cl. The fraction of sp³-hybridized carbons (Fsp3) is 0.300. The molecular formula is C10H10ClNO2. The van der Waals surface area contributed by atoms with E-state index in [0.29, 0.717) is 5.02 Å². The third kappa shape index (κ3) is 1.38. The molecule has 1 saturated heterocycles. The lowest BCUT2D eigenvalue weighted by Gasteiger charge is -2.36. The van der Waals surface area contributed by atoms with Gasteiger partial charge in [-0.1, -0.05) is 29.8 Å². The molecule has 0 aliphatic carbocycles. The Morgan fingerprint density at radius 3 is 2.71 bits per heavy atom. The third-order valence-electron chi connectivity index (χ3n) is 2.35. The second kappa shape index (κ2) is 3.59. The van der Waals surface area contributed by atoms with Gasteiger partial charge in [0.25, 0.3) is 5.91 Å². The fourth-order valence-electron chi connectivity index (χ4n) is 1.58. The van der Waals surface area contributed by atoms with Gasteiger partial charge in [0.15, 0.2) is 6.10 Å². The van der Waals surface area contributed by atoms with Gasteiger partial charge >= 0.3 is 0 Å². The van der Waals surface area contributed by atoms with Gasteiger partial charge in [0.05, 0.1) is 6.04 Å². The van der Waals surface area contributed by atoms with Crippen molar-refractivity contribution in [3.63, 3.8) is 0 Å². The molecule has 0 spiro atoms. The third-order valence-corrected chi connectivity index (χ3v) is 2.70. The molecule has 0 bridgehead atoms. The van der Waals surface area contributed by atoms with Crippen LogP contribution in [0.1, 0.15) is 11.6 Å². The van der Waals surface area contributed by atoms with E-state index in [4.69, 9.17) is 16.3 Å². The summed E-state index contributed by atoms with van der Waals surface area (Å²) in [6.45, 7) is 0. The summed E-state index contributed by atoms with van der Waals surface area (Å²) in [4.78, 5) is 11.1. The molecule has 0 aromatic heterocycles. The molecule has 0 radical (unpaired) electrons. The van der Waals surface area contributed by atoms with Gasteiger partial charge in [0.1, 0.15) is 0 Å². The van der Waals surface area contributed by atoms with Crippen LogP contribution in [-0.2, 0) is 9.53 Å². The highest BCUT2D eigenvalue weighted by Gasteiger charge is 2.41. The van der Waals surface area contributed by atoms with Crippen LogP contribution in [0.4, 0.5) is 0 Å². The smallest absolute Gasteiger partial charge is 0.252 e. The Morgan fingerprint density at radius 2 is 2.14 bits per heavy atom. The van der Waals surface area contributed by atoms with Crippen molar-refractivity contribution in [2.45, 2.75) is 12.1 Å². The van der Waals surface area contributed by atoms with Crippen LogP contribution in [0.15, 0.2) is 24.3 Å². The van der Waals surface area contributed by atoms with E-state index in [1.807, 2.05) is 18.2 Å². The van der Waals surface area contributed by atoms with E-state index in [9.17, 15) is 4.79 Å². The molecule has 1 aliphatic rings. The van der Waals surface area contributed by atoms with E-state index in [1.165, 1.54) is 7.11 Å². The second-order valence-corrected chi connectivity index (χ2v) is 3.57. The Labute approximate surface area is 87.0 Å². The lowest BCUT2D eigenvalue weighted by atomic mass is 9.94. The van der Waals surface area contributed by atoms with Crippen molar-refractivity contribution in [1.29, 1.82) is 0 Å². The fourth-order valence-corrected chi connectivity index (χ4v) is 1.83. The average Bonchev–Trinajstić information content (AvgIpc) is 2.16. The van der Waals surface area contributed by atoms with Crippen LogP contribution in [0.25, 0.3) is 0 Å². The van der Waals surface area contributed by atoms with Crippen molar-refractivity contribution >= 4 is 17.5 Å². The second-order valence-electron chi connectivity index (χ2n) is 3.16. The van der Waals surface area contributed by atoms with Crippen molar-refractivity contribution in [2.75, 3.05) is 7.11 Å². The number of hydrogen-bond donors (Lipinski definition) is 1. The number of carbonyl (C=O) groups excluding carboxylic acids is 1. The highest BCUT2D eigenvalue weighted by atomic mass is 35.5. The number of carbonyl (C=O) groups is 1. The minimum atomic E-state index is -0.408. The monoisotopic (exact) mass is 211 g/mol. The number of nitrogens with one attached hydrogen (secondary N) is 1. The molecule has 3 nitrogen and oxygen atoms in total. The molecule has 1 aromatic rings. The number of ether oxygens (including phenoxy) is 1. The largest absolute Gasteiger partial charge is 0.369 e. The summed E-state index contributed by atoms with van der Waals surface area (Å²) in [5, 5.41) is 3.40. The molecule has 2 unspecified atom stereocenters. The Bertz CT molecular complexity index is 367. The summed E-state index contributed by atoms with van der Waals surface area (Å²) >= 11 is 5.99. The van der Waals surface area contributed by atoms with E-state index in [-0.39, 0.29) is 11.9 Å². The number of hydrogen-bond acceptors (Lipinski definition) is 2. The van der Waals surface area contributed by atoms with Crippen molar-refractivity contribution < 1.29 is 9.53 Å². The summed E-state index contributed by atoms with van der Waals surface area (Å²) in [5.74, 6) is -0.0857. The van der Waals surface area contributed by atoms with Gasteiger partial charge in [-0.3, -0.25) is 4.79 Å². The molecule has 0 saturated carbocycles. The Hall–Kier alpha value is -1.06. The van der Waals surface area contributed by atoms with E-state index in [0.717, 1.165) is 5.56 Å². The van der Waals surface area contributed by atoms with Gasteiger partial charge in [-0.15, -0.1) is 0 Å².